The van der Waals surface area contributed by atoms with E-state index in [9.17, 15) is 9.59 Å². The predicted octanol–water partition coefficient (Wildman–Crippen LogP) is 5.22. The van der Waals surface area contributed by atoms with Crippen LogP contribution in [0.3, 0.4) is 0 Å². The van der Waals surface area contributed by atoms with E-state index in [4.69, 9.17) is 4.74 Å². The van der Waals surface area contributed by atoms with E-state index < -0.39 is 6.04 Å². The van der Waals surface area contributed by atoms with Gasteiger partial charge in [-0.3, -0.25) is 9.59 Å². The van der Waals surface area contributed by atoms with Crippen molar-refractivity contribution in [3.63, 3.8) is 0 Å². The summed E-state index contributed by atoms with van der Waals surface area (Å²) in [5.41, 5.74) is 3.93. The van der Waals surface area contributed by atoms with Gasteiger partial charge in [0.15, 0.2) is 6.61 Å². The van der Waals surface area contributed by atoms with Crippen LogP contribution in [0.15, 0.2) is 77.3 Å². The molecule has 0 aliphatic carbocycles. The summed E-state index contributed by atoms with van der Waals surface area (Å²) in [7, 11) is 0. The van der Waals surface area contributed by atoms with Gasteiger partial charge in [-0.1, -0.05) is 70.5 Å². The molecular formula is C28H31BrN2O3. The van der Waals surface area contributed by atoms with Crippen LogP contribution >= 0.6 is 15.9 Å². The fourth-order valence-corrected chi connectivity index (χ4v) is 4.21. The van der Waals surface area contributed by atoms with E-state index >= 15 is 0 Å². The summed E-state index contributed by atoms with van der Waals surface area (Å²) in [5.74, 6) is 0.253. The fraction of sp³-hybridized carbons (Fsp3) is 0.286. The Morgan fingerprint density at radius 1 is 0.971 bits per heavy atom. The molecule has 0 heterocycles. The number of nitrogens with one attached hydrogen (secondary N) is 1. The normalized spacial score (nSPS) is 11.5. The highest BCUT2D eigenvalue weighted by Gasteiger charge is 2.30. The Morgan fingerprint density at radius 3 is 2.41 bits per heavy atom. The van der Waals surface area contributed by atoms with Gasteiger partial charge in [0.2, 0.25) is 5.91 Å². The van der Waals surface area contributed by atoms with Crippen molar-refractivity contribution in [2.45, 2.75) is 39.8 Å². The number of hydrogen-bond acceptors (Lipinski definition) is 3. The van der Waals surface area contributed by atoms with Gasteiger partial charge >= 0.3 is 0 Å². The van der Waals surface area contributed by atoms with E-state index in [1.807, 2.05) is 93.6 Å². The molecule has 6 heteroatoms. The maximum Gasteiger partial charge on any atom is 0.261 e. The van der Waals surface area contributed by atoms with Gasteiger partial charge in [0.1, 0.15) is 11.8 Å². The summed E-state index contributed by atoms with van der Waals surface area (Å²) < 4.78 is 6.85. The van der Waals surface area contributed by atoms with Gasteiger partial charge in [0.05, 0.1) is 0 Å². The number of halogens is 1. The Kier molecular flexibility index (Phi) is 9.28. The number of ether oxygens (including phenoxy) is 1. The lowest BCUT2D eigenvalue weighted by Gasteiger charge is -2.31. The highest BCUT2D eigenvalue weighted by molar-refractivity contribution is 9.10. The summed E-state index contributed by atoms with van der Waals surface area (Å²) in [5, 5.41) is 2.91. The monoisotopic (exact) mass is 522 g/mol. The molecule has 0 aliphatic heterocycles. The highest BCUT2D eigenvalue weighted by Crippen LogP contribution is 2.21. The number of amides is 2. The first kappa shape index (κ1) is 25.5. The first-order valence-electron chi connectivity index (χ1n) is 11.4. The molecular weight excluding hydrogens is 492 g/mol. The molecule has 1 atom stereocenters. The van der Waals surface area contributed by atoms with Crippen molar-refractivity contribution in [2.75, 3.05) is 13.2 Å². The molecule has 1 N–H and O–H groups in total. The summed E-state index contributed by atoms with van der Waals surface area (Å²) in [4.78, 5) is 28.4. The number of carbonyl (C=O) groups excluding carboxylic acids is 2. The Hall–Kier alpha value is -3.12. The molecule has 0 bridgehead atoms. The average molecular weight is 523 g/mol. The second kappa shape index (κ2) is 12.4. The second-order valence-electron chi connectivity index (χ2n) is 8.31. The van der Waals surface area contributed by atoms with E-state index in [1.165, 1.54) is 0 Å². The van der Waals surface area contributed by atoms with Crippen LogP contribution in [-0.2, 0) is 22.6 Å². The van der Waals surface area contributed by atoms with Crippen LogP contribution in [-0.4, -0.2) is 35.9 Å². The third kappa shape index (κ3) is 7.19. The number of rotatable bonds is 10. The third-order valence-corrected chi connectivity index (χ3v) is 6.05. The third-order valence-electron chi connectivity index (χ3n) is 5.56. The van der Waals surface area contributed by atoms with Crippen molar-refractivity contribution in [3.8, 4) is 5.75 Å². The van der Waals surface area contributed by atoms with Crippen LogP contribution < -0.4 is 10.1 Å². The Labute approximate surface area is 210 Å². The summed E-state index contributed by atoms with van der Waals surface area (Å²) in [6.07, 6.45) is 0.413. The van der Waals surface area contributed by atoms with Crippen molar-refractivity contribution >= 4 is 27.7 Å². The molecule has 0 unspecified atom stereocenters. The van der Waals surface area contributed by atoms with E-state index in [1.54, 1.807) is 4.90 Å². The molecule has 2 amide bonds. The van der Waals surface area contributed by atoms with Gasteiger partial charge in [0, 0.05) is 24.0 Å². The molecule has 178 valence electrons. The number of carbonyl (C=O) groups is 2. The molecule has 0 saturated heterocycles. The van der Waals surface area contributed by atoms with Crippen molar-refractivity contribution in [2.24, 2.45) is 0 Å². The van der Waals surface area contributed by atoms with Gasteiger partial charge < -0.3 is 15.0 Å². The Bertz CT molecular complexity index is 1120. The van der Waals surface area contributed by atoms with Crippen molar-refractivity contribution in [3.05, 3.63) is 99.5 Å². The molecule has 0 radical (unpaired) electrons. The number of aryl methyl sites for hydroxylation is 2. The minimum atomic E-state index is -0.670. The molecule has 5 nitrogen and oxygen atoms in total. The molecule has 0 aliphatic rings. The zero-order chi connectivity index (χ0) is 24.5. The SMILES string of the molecule is CCNC(=O)[C@@H](Cc1ccccc1)N(Cc1cccc(Br)c1)C(=O)COc1cc(C)ccc1C. The van der Waals surface area contributed by atoms with Crippen LogP contribution in [0.4, 0.5) is 0 Å². The first-order valence-corrected chi connectivity index (χ1v) is 12.2. The Balaban J connectivity index is 1.91. The lowest BCUT2D eigenvalue weighted by molar-refractivity contribution is -0.142. The highest BCUT2D eigenvalue weighted by atomic mass is 79.9. The zero-order valence-electron chi connectivity index (χ0n) is 19.9. The summed E-state index contributed by atoms with van der Waals surface area (Å²) >= 11 is 3.50. The van der Waals surface area contributed by atoms with E-state index in [2.05, 4.69) is 21.2 Å². The van der Waals surface area contributed by atoms with Crippen molar-refractivity contribution in [1.82, 2.24) is 10.2 Å². The van der Waals surface area contributed by atoms with Crippen LogP contribution in [0.2, 0.25) is 0 Å². The predicted molar refractivity (Wildman–Crippen MR) is 139 cm³/mol. The average Bonchev–Trinajstić information content (AvgIpc) is 2.82. The minimum absolute atomic E-state index is 0.150. The van der Waals surface area contributed by atoms with Gasteiger partial charge in [-0.2, -0.15) is 0 Å². The minimum Gasteiger partial charge on any atom is -0.483 e. The standard InChI is InChI=1S/C28H31BrN2O3/c1-4-30-28(33)25(17-22-9-6-5-7-10-22)31(18-23-11-8-12-24(29)16-23)27(32)19-34-26-15-20(2)13-14-21(26)3/h5-16,25H,4,17-19H2,1-3H3,(H,30,33)/t25-/m1/s1. The smallest absolute Gasteiger partial charge is 0.261 e. The molecule has 3 aromatic rings. The maximum absolute atomic E-state index is 13.6. The Morgan fingerprint density at radius 2 is 1.71 bits per heavy atom. The van der Waals surface area contributed by atoms with E-state index in [0.717, 1.165) is 26.7 Å². The second-order valence-corrected chi connectivity index (χ2v) is 9.22. The van der Waals surface area contributed by atoms with Crippen LogP contribution in [0.25, 0.3) is 0 Å². The maximum atomic E-state index is 13.6. The van der Waals surface area contributed by atoms with Crippen molar-refractivity contribution in [1.29, 1.82) is 0 Å². The van der Waals surface area contributed by atoms with Gasteiger partial charge in [-0.05, 0) is 61.2 Å². The van der Waals surface area contributed by atoms with Crippen molar-refractivity contribution < 1.29 is 14.3 Å². The molecule has 0 spiro atoms. The largest absolute Gasteiger partial charge is 0.483 e. The van der Waals surface area contributed by atoms with Gasteiger partial charge in [0.25, 0.3) is 5.91 Å². The van der Waals surface area contributed by atoms with Gasteiger partial charge in [-0.25, -0.2) is 0 Å². The molecule has 0 saturated carbocycles. The van der Waals surface area contributed by atoms with Crippen LogP contribution in [0, 0.1) is 13.8 Å². The molecule has 3 rings (SSSR count). The molecule has 0 aromatic heterocycles. The topological polar surface area (TPSA) is 58.6 Å². The molecule has 34 heavy (non-hydrogen) atoms. The lowest BCUT2D eigenvalue weighted by Crippen LogP contribution is -2.51. The lowest BCUT2D eigenvalue weighted by atomic mass is 10.0. The molecule has 0 fully saturated rings. The van der Waals surface area contributed by atoms with Gasteiger partial charge in [-0.15, -0.1) is 0 Å². The van der Waals surface area contributed by atoms with E-state index in [-0.39, 0.29) is 18.4 Å². The van der Waals surface area contributed by atoms with Crippen LogP contribution in [0.5, 0.6) is 5.75 Å². The summed E-state index contributed by atoms with van der Waals surface area (Å²) in [6, 6.07) is 22.8. The number of likely N-dealkylation sites (N-methyl/N-ethyl adjacent to an activating group) is 1. The summed E-state index contributed by atoms with van der Waals surface area (Å²) in [6.45, 7) is 6.44. The number of nitrogens with zero attached hydrogens (tertiary/aromatic N) is 1. The fourth-order valence-electron chi connectivity index (χ4n) is 3.76. The number of hydrogen-bond donors (Lipinski definition) is 1. The molecule has 3 aromatic carbocycles. The zero-order valence-corrected chi connectivity index (χ0v) is 21.5. The van der Waals surface area contributed by atoms with E-state index in [0.29, 0.717) is 25.3 Å². The number of benzene rings is 3. The van der Waals surface area contributed by atoms with Crippen LogP contribution in [0.1, 0.15) is 29.2 Å². The first-order chi connectivity index (χ1) is 16.4. The quantitative estimate of drug-likeness (QED) is 0.397.